The first-order valence-corrected chi connectivity index (χ1v) is 14.2. The summed E-state index contributed by atoms with van der Waals surface area (Å²) in [7, 11) is -3.35. The third kappa shape index (κ3) is 12.7. The summed E-state index contributed by atoms with van der Waals surface area (Å²) < 4.78 is 22.9. The van der Waals surface area contributed by atoms with E-state index in [1.807, 2.05) is 35.2 Å². The van der Waals surface area contributed by atoms with Crippen molar-refractivity contribution in [2.45, 2.75) is 51.4 Å². The zero-order chi connectivity index (χ0) is 25.7. The maximum atomic E-state index is 12.8. The number of carbonyl (C=O) groups excluding carboxylic acids is 1. The number of hydrogen-bond donors (Lipinski definition) is 5. The van der Waals surface area contributed by atoms with Gasteiger partial charge in [0.25, 0.3) is 0 Å². The summed E-state index contributed by atoms with van der Waals surface area (Å²) in [6.45, 7) is 5.86. The average Bonchev–Trinajstić information content (AvgIpc) is 2.78. The standard InChI is InChI=1S/C23H40N4O5S2/c1-4-17(2)21(25-12-19(24)16-33)14-27(13-18-8-6-5-7-9-18)15-22(28)26-20(23(29)30)10-11-34(3,31)32/h5-9,17,19-21,25,33H,4,10-16,24H2,1-3H3,(H,26,28)(H,29,30)/t17-,19+,20-,21+/m0/s1. The minimum atomic E-state index is -3.35. The highest BCUT2D eigenvalue weighted by Gasteiger charge is 2.25. The van der Waals surface area contributed by atoms with Crippen LogP contribution < -0.4 is 16.4 Å². The second kappa shape index (κ2) is 15.4. The molecule has 0 saturated carbocycles. The van der Waals surface area contributed by atoms with Crippen molar-refractivity contribution in [1.82, 2.24) is 15.5 Å². The number of amides is 1. The molecule has 0 spiro atoms. The molecule has 0 fully saturated rings. The number of rotatable bonds is 17. The monoisotopic (exact) mass is 516 g/mol. The number of aliphatic carboxylic acids is 1. The van der Waals surface area contributed by atoms with Crippen LogP contribution in [0, 0.1) is 5.92 Å². The van der Waals surface area contributed by atoms with Gasteiger partial charge in [0.05, 0.1) is 12.3 Å². The van der Waals surface area contributed by atoms with E-state index in [2.05, 4.69) is 37.1 Å². The normalized spacial score (nSPS) is 15.5. The molecule has 0 aliphatic rings. The Hall–Kier alpha value is -1.66. The fourth-order valence-electron chi connectivity index (χ4n) is 3.43. The molecule has 1 amide bonds. The van der Waals surface area contributed by atoms with E-state index in [1.165, 1.54) is 0 Å². The molecule has 1 rings (SSSR count). The van der Waals surface area contributed by atoms with E-state index in [9.17, 15) is 23.1 Å². The number of carboxylic acids is 1. The fraction of sp³-hybridized carbons (Fsp3) is 0.652. The molecule has 0 radical (unpaired) electrons. The molecule has 0 aliphatic heterocycles. The van der Waals surface area contributed by atoms with E-state index >= 15 is 0 Å². The third-order valence-electron chi connectivity index (χ3n) is 5.69. The van der Waals surface area contributed by atoms with Gasteiger partial charge in [-0.3, -0.25) is 9.69 Å². The van der Waals surface area contributed by atoms with Gasteiger partial charge in [0, 0.05) is 43.7 Å². The number of nitrogens with one attached hydrogen (secondary N) is 2. The van der Waals surface area contributed by atoms with E-state index in [1.54, 1.807) is 0 Å². The van der Waals surface area contributed by atoms with Crippen LogP contribution in [-0.2, 0) is 26.0 Å². The molecule has 34 heavy (non-hydrogen) atoms. The Morgan fingerprint density at radius 3 is 2.41 bits per heavy atom. The molecule has 0 aliphatic carbocycles. The second-order valence-corrected chi connectivity index (χ2v) is 11.5. The van der Waals surface area contributed by atoms with Crippen molar-refractivity contribution >= 4 is 34.3 Å². The van der Waals surface area contributed by atoms with E-state index in [4.69, 9.17) is 5.73 Å². The first kappa shape index (κ1) is 30.4. The molecular weight excluding hydrogens is 476 g/mol. The van der Waals surface area contributed by atoms with Crippen molar-refractivity contribution in [3.8, 4) is 0 Å². The molecule has 1 aromatic carbocycles. The predicted molar refractivity (Wildman–Crippen MR) is 139 cm³/mol. The van der Waals surface area contributed by atoms with Crippen molar-refractivity contribution in [1.29, 1.82) is 0 Å². The predicted octanol–water partition coefficient (Wildman–Crippen LogP) is 0.754. The van der Waals surface area contributed by atoms with Crippen molar-refractivity contribution in [3.05, 3.63) is 35.9 Å². The number of benzene rings is 1. The second-order valence-electron chi connectivity index (χ2n) is 8.88. The molecule has 194 valence electrons. The zero-order valence-electron chi connectivity index (χ0n) is 20.3. The molecule has 5 N–H and O–H groups in total. The summed E-state index contributed by atoms with van der Waals surface area (Å²) in [6, 6.07) is 8.42. The first-order chi connectivity index (χ1) is 15.9. The molecule has 0 heterocycles. The largest absolute Gasteiger partial charge is 0.480 e. The molecule has 9 nitrogen and oxygen atoms in total. The number of nitrogens with two attached hydrogens (primary N) is 1. The van der Waals surface area contributed by atoms with Crippen LogP contribution in [0.25, 0.3) is 0 Å². The molecule has 1 aromatic rings. The smallest absolute Gasteiger partial charge is 0.326 e. The molecule has 0 unspecified atom stereocenters. The van der Waals surface area contributed by atoms with Crippen LogP contribution in [0.5, 0.6) is 0 Å². The van der Waals surface area contributed by atoms with Crippen LogP contribution in [0.3, 0.4) is 0 Å². The number of sulfone groups is 1. The Labute approximate surface area is 209 Å². The molecule has 0 saturated heterocycles. The third-order valence-corrected chi connectivity index (χ3v) is 7.14. The Kier molecular flexibility index (Phi) is 13.7. The SMILES string of the molecule is CC[C@H](C)[C@@H](CN(CC(=O)N[C@@H](CCS(C)(=O)=O)C(=O)O)Cc1ccccc1)NC[C@@H](N)CS. The Balaban J connectivity index is 2.96. The first-order valence-electron chi connectivity index (χ1n) is 11.5. The van der Waals surface area contributed by atoms with Crippen LogP contribution in [-0.4, -0.2) is 85.8 Å². The van der Waals surface area contributed by atoms with Gasteiger partial charge in [-0.25, -0.2) is 13.2 Å². The van der Waals surface area contributed by atoms with Crippen molar-refractivity contribution in [2.24, 2.45) is 11.7 Å². The molecular formula is C23H40N4O5S2. The van der Waals surface area contributed by atoms with Gasteiger partial charge in [0.15, 0.2) is 0 Å². The lowest BCUT2D eigenvalue weighted by molar-refractivity contribution is -0.142. The summed E-state index contributed by atoms with van der Waals surface area (Å²) in [4.78, 5) is 26.3. The highest BCUT2D eigenvalue weighted by atomic mass is 32.2. The topological polar surface area (TPSA) is 142 Å². The van der Waals surface area contributed by atoms with Gasteiger partial charge in [-0.1, -0.05) is 50.6 Å². The van der Waals surface area contributed by atoms with Crippen LogP contribution >= 0.6 is 12.6 Å². The quantitative estimate of drug-likeness (QED) is 0.191. The van der Waals surface area contributed by atoms with Gasteiger partial charge in [-0.15, -0.1) is 0 Å². The number of carboxylic acid groups (broad SMARTS) is 1. The Bertz CT molecular complexity index is 854. The number of nitrogens with zero attached hydrogens (tertiary/aromatic N) is 1. The molecule has 4 atom stereocenters. The highest BCUT2D eigenvalue weighted by molar-refractivity contribution is 7.90. The minimum Gasteiger partial charge on any atom is -0.480 e. The maximum Gasteiger partial charge on any atom is 0.326 e. The Morgan fingerprint density at radius 1 is 1.24 bits per heavy atom. The zero-order valence-corrected chi connectivity index (χ0v) is 22.0. The summed E-state index contributed by atoms with van der Waals surface area (Å²) >= 11 is 4.24. The minimum absolute atomic E-state index is 0.0230. The lowest BCUT2D eigenvalue weighted by atomic mass is 9.98. The van der Waals surface area contributed by atoms with Gasteiger partial charge in [-0.2, -0.15) is 12.6 Å². The molecule has 0 aromatic heterocycles. The molecule has 0 bridgehead atoms. The fourth-order valence-corrected chi connectivity index (χ4v) is 4.23. The van der Waals surface area contributed by atoms with E-state index in [0.29, 0.717) is 31.3 Å². The summed E-state index contributed by atoms with van der Waals surface area (Å²) in [5.41, 5.74) is 7.05. The van der Waals surface area contributed by atoms with Crippen LogP contribution in [0.1, 0.15) is 32.3 Å². The van der Waals surface area contributed by atoms with Gasteiger partial charge in [0.2, 0.25) is 5.91 Å². The Morgan fingerprint density at radius 2 is 1.88 bits per heavy atom. The summed E-state index contributed by atoms with van der Waals surface area (Å²) in [6.07, 6.45) is 1.79. The number of carbonyl (C=O) groups is 2. The summed E-state index contributed by atoms with van der Waals surface area (Å²) in [5.74, 6) is -1.17. The van der Waals surface area contributed by atoms with Gasteiger partial charge in [-0.05, 0) is 17.9 Å². The lowest BCUT2D eigenvalue weighted by Crippen LogP contribution is -2.51. The van der Waals surface area contributed by atoms with Crippen LogP contribution in [0.2, 0.25) is 0 Å². The highest BCUT2D eigenvalue weighted by Crippen LogP contribution is 2.13. The van der Waals surface area contributed by atoms with E-state index < -0.39 is 27.8 Å². The van der Waals surface area contributed by atoms with E-state index in [0.717, 1.165) is 18.2 Å². The lowest BCUT2D eigenvalue weighted by Gasteiger charge is -2.32. The summed E-state index contributed by atoms with van der Waals surface area (Å²) in [5, 5.41) is 15.4. The van der Waals surface area contributed by atoms with Crippen molar-refractivity contribution in [3.63, 3.8) is 0 Å². The maximum absolute atomic E-state index is 12.8. The van der Waals surface area contributed by atoms with Crippen molar-refractivity contribution < 1.29 is 23.1 Å². The average molecular weight is 517 g/mol. The van der Waals surface area contributed by atoms with E-state index in [-0.39, 0.29) is 30.8 Å². The molecule has 11 heteroatoms. The van der Waals surface area contributed by atoms with Crippen LogP contribution in [0.4, 0.5) is 0 Å². The number of thiol groups is 1. The van der Waals surface area contributed by atoms with Gasteiger partial charge >= 0.3 is 5.97 Å². The van der Waals surface area contributed by atoms with Crippen molar-refractivity contribution in [2.75, 3.05) is 37.4 Å². The van der Waals surface area contributed by atoms with Gasteiger partial charge in [0.1, 0.15) is 15.9 Å². The van der Waals surface area contributed by atoms with Crippen LogP contribution in [0.15, 0.2) is 30.3 Å². The van der Waals surface area contributed by atoms with Gasteiger partial charge < -0.3 is 21.5 Å². The number of hydrogen-bond acceptors (Lipinski definition) is 8.